The summed E-state index contributed by atoms with van der Waals surface area (Å²) in [5.74, 6) is -0.267. The van der Waals surface area contributed by atoms with Gasteiger partial charge in [0.2, 0.25) is 5.91 Å². The Hall–Kier alpha value is -2.77. The molecule has 0 saturated carbocycles. The maximum absolute atomic E-state index is 12.5. The molecule has 0 atom stereocenters. The number of carbonyl (C=O) groups excluding carboxylic acids is 3. The number of nitrogens with one attached hydrogen (secondary N) is 1. The molecule has 3 rings (SSSR count). The second kappa shape index (κ2) is 8.28. The number of amides is 3. The first kappa shape index (κ1) is 19.0. The average molecular weight is 403 g/mol. The molecule has 1 saturated heterocycles. The number of benzene rings is 2. The van der Waals surface area contributed by atoms with Crippen LogP contribution in [0.1, 0.15) is 5.56 Å². The standard InChI is InChI=1S/C19H15ClN2O4S/c1-26-15-8-2-12(3-9-15)10-16-18(24)22(19(25)27-16)11-17(23)21-14-6-4-13(20)5-7-14/h2-10H,11H2,1H3,(H,21,23)/b16-10+. The van der Waals surface area contributed by atoms with Crippen LogP contribution in [-0.4, -0.2) is 35.6 Å². The van der Waals surface area contributed by atoms with Crippen LogP contribution in [0.2, 0.25) is 5.02 Å². The third-order valence-corrected chi connectivity index (χ3v) is 4.88. The number of halogens is 1. The first-order valence-corrected chi connectivity index (χ1v) is 9.10. The van der Waals surface area contributed by atoms with Crippen molar-refractivity contribution in [2.75, 3.05) is 19.0 Å². The highest BCUT2D eigenvalue weighted by Gasteiger charge is 2.36. The van der Waals surface area contributed by atoms with Gasteiger partial charge in [-0.2, -0.15) is 0 Å². The lowest BCUT2D eigenvalue weighted by Gasteiger charge is -2.12. The van der Waals surface area contributed by atoms with Gasteiger partial charge in [-0.05, 0) is 59.8 Å². The van der Waals surface area contributed by atoms with Crippen LogP contribution in [0.5, 0.6) is 5.75 Å². The molecule has 0 aromatic heterocycles. The molecule has 6 nitrogen and oxygen atoms in total. The van der Waals surface area contributed by atoms with E-state index < -0.39 is 17.1 Å². The Morgan fingerprint density at radius 1 is 1.15 bits per heavy atom. The predicted molar refractivity (Wildman–Crippen MR) is 106 cm³/mol. The molecule has 1 aliphatic rings. The molecule has 0 unspecified atom stereocenters. The van der Waals surface area contributed by atoms with Crippen LogP contribution >= 0.6 is 23.4 Å². The summed E-state index contributed by atoms with van der Waals surface area (Å²) in [5, 5.41) is 2.69. The molecule has 0 bridgehead atoms. The molecule has 0 spiro atoms. The van der Waals surface area contributed by atoms with Gasteiger partial charge in [0.05, 0.1) is 12.0 Å². The summed E-state index contributed by atoms with van der Waals surface area (Å²) in [4.78, 5) is 37.9. The monoisotopic (exact) mass is 402 g/mol. The molecule has 0 aliphatic carbocycles. The zero-order valence-electron chi connectivity index (χ0n) is 14.3. The van der Waals surface area contributed by atoms with Crippen molar-refractivity contribution >= 4 is 52.2 Å². The van der Waals surface area contributed by atoms with Gasteiger partial charge in [0.15, 0.2) is 0 Å². The average Bonchev–Trinajstić information content (AvgIpc) is 2.91. The van der Waals surface area contributed by atoms with Crippen LogP contribution in [0.4, 0.5) is 10.5 Å². The molecular weight excluding hydrogens is 388 g/mol. The Morgan fingerprint density at radius 3 is 2.44 bits per heavy atom. The maximum Gasteiger partial charge on any atom is 0.294 e. The molecule has 2 aromatic rings. The van der Waals surface area contributed by atoms with Gasteiger partial charge in [-0.25, -0.2) is 0 Å². The van der Waals surface area contributed by atoms with E-state index in [-0.39, 0.29) is 11.4 Å². The van der Waals surface area contributed by atoms with Crippen molar-refractivity contribution in [3.63, 3.8) is 0 Å². The molecule has 8 heteroatoms. The number of anilines is 1. The van der Waals surface area contributed by atoms with E-state index in [0.717, 1.165) is 22.2 Å². The van der Waals surface area contributed by atoms with Gasteiger partial charge < -0.3 is 10.1 Å². The van der Waals surface area contributed by atoms with Crippen molar-refractivity contribution in [2.45, 2.75) is 0 Å². The Morgan fingerprint density at radius 2 is 1.81 bits per heavy atom. The molecule has 1 heterocycles. The molecule has 1 aliphatic heterocycles. The van der Waals surface area contributed by atoms with Gasteiger partial charge in [0, 0.05) is 10.7 Å². The van der Waals surface area contributed by atoms with Crippen molar-refractivity contribution < 1.29 is 19.1 Å². The van der Waals surface area contributed by atoms with Gasteiger partial charge in [-0.15, -0.1) is 0 Å². The Balaban J connectivity index is 1.67. The first-order valence-electron chi connectivity index (χ1n) is 7.91. The summed E-state index contributed by atoms with van der Waals surface area (Å²) < 4.78 is 5.09. The summed E-state index contributed by atoms with van der Waals surface area (Å²) in [6, 6.07) is 13.6. The number of methoxy groups -OCH3 is 1. The van der Waals surface area contributed by atoms with Gasteiger partial charge in [0.1, 0.15) is 12.3 Å². The van der Waals surface area contributed by atoms with Crippen molar-refractivity contribution in [2.24, 2.45) is 0 Å². The van der Waals surface area contributed by atoms with E-state index in [1.807, 2.05) is 0 Å². The van der Waals surface area contributed by atoms with E-state index in [1.165, 1.54) is 0 Å². The van der Waals surface area contributed by atoms with E-state index in [0.29, 0.717) is 16.5 Å². The van der Waals surface area contributed by atoms with Crippen LogP contribution in [-0.2, 0) is 9.59 Å². The molecule has 1 fully saturated rings. The normalized spacial score (nSPS) is 15.3. The molecular formula is C19H15ClN2O4S. The fourth-order valence-electron chi connectivity index (χ4n) is 2.37. The van der Waals surface area contributed by atoms with Crippen molar-refractivity contribution in [3.8, 4) is 5.75 Å². The summed E-state index contributed by atoms with van der Waals surface area (Å²) >= 11 is 6.60. The largest absolute Gasteiger partial charge is 0.497 e. The number of hydrogen-bond donors (Lipinski definition) is 1. The van der Waals surface area contributed by atoms with Gasteiger partial charge >= 0.3 is 0 Å². The van der Waals surface area contributed by atoms with Crippen molar-refractivity contribution in [1.82, 2.24) is 4.90 Å². The second-order valence-corrected chi connectivity index (χ2v) is 7.03. The molecule has 3 amide bonds. The number of thioether (sulfide) groups is 1. The van der Waals surface area contributed by atoms with Crippen LogP contribution in [0, 0.1) is 0 Å². The lowest BCUT2D eigenvalue weighted by atomic mass is 10.2. The zero-order chi connectivity index (χ0) is 19.4. The molecule has 0 radical (unpaired) electrons. The fraction of sp³-hybridized carbons (Fsp3) is 0.105. The Kier molecular flexibility index (Phi) is 5.83. The zero-order valence-corrected chi connectivity index (χ0v) is 15.8. The minimum absolute atomic E-state index is 0.268. The van der Waals surface area contributed by atoms with Crippen LogP contribution < -0.4 is 10.1 Å². The van der Waals surface area contributed by atoms with E-state index in [2.05, 4.69) is 5.32 Å². The summed E-state index contributed by atoms with van der Waals surface area (Å²) in [7, 11) is 1.56. The lowest BCUT2D eigenvalue weighted by molar-refractivity contribution is -0.127. The van der Waals surface area contributed by atoms with Crippen LogP contribution in [0.15, 0.2) is 53.4 Å². The first-order chi connectivity index (χ1) is 13.0. The van der Waals surface area contributed by atoms with Crippen molar-refractivity contribution in [1.29, 1.82) is 0 Å². The van der Waals surface area contributed by atoms with E-state index >= 15 is 0 Å². The number of nitrogens with zero attached hydrogens (tertiary/aromatic N) is 1. The van der Waals surface area contributed by atoms with Crippen LogP contribution in [0.25, 0.3) is 6.08 Å². The lowest BCUT2D eigenvalue weighted by Crippen LogP contribution is -2.36. The molecule has 138 valence electrons. The number of carbonyl (C=O) groups is 3. The van der Waals surface area contributed by atoms with E-state index in [9.17, 15) is 14.4 Å². The molecule has 27 heavy (non-hydrogen) atoms. The molecule has 1 N–H and O–H groups in total. The smallest absolute Gasteiger partial charge is 0.294 e. The van der Waals surface area contributed by atoms with Gasteiger partial charge in [-0.3, -0.25) is 19.3 Å². The number of hydrogen-bond acceptors (Lipinski definition) is 5. The van der Waals surface area contributed by atoms with Crippen molar-refractivity contribution in [3.05, 3.63) is 64.0 Å². The third-order valence-electron chi connectivity index (χ3n) is 3.72. The third kappa shape index (κ3) is 4.69. The minimum atomic E-state index is -0.493. The quantitative estimate of drug-likeness (QED) is 0.764. The summed E-state index contributed by atoms with van der Waals surface area (Å²) in [5.41, 5.74) is 1.29. The summed E-state index contributed by atoms with van der Waals surface area (Å²) in [6.07, 6.45) is 1.61. The highest BCUT2D eigenvalue weighted by atomic mass is 35.5. The highest BCUT2D eigenvalue weighted by Crippen LogP contribution is 2.32. The number of ether oxygens (including phenoxy) is 1. The Bertz CT molecular complexity index is 910. The predicted octanol–water partition coefficient (Wildman–Crippen LogP) is 4.02. The minimum Gasteiger partial charge on any atom is -0.497 e. The van der Waals surface area contributed by atoms with E-state index in [1.54, 1.807) is 61.7 Å². The number of rotatable bonds is 5. The number of imide groups is 1. The van der Waals surface area contributed by atoms with Gasteiger partial charge in [0.25, 0.3) is 11.1 Å². The fourth-order valence-corrected chi connectivity index (χ4v) is 3.33. The topological polar surface area (TPSA) is 75.7 Å². The maximum atomic E-state index is 12.5. The van der Waals surface area contributed by atoms with E-state index in [4.69, 9.17) is 16.3 Å². The van der Waals surface area contributed by atoms with Gasteiger partial charge in [-0.1, -0.05) is 23.7 Å². The SMILES string of the molecule is COc1ccc(/C=C2/SC(=O)N(CC(=O)Nc3ccc(Cl)cc3)C2=O)cc1. The molecule has 2 aromatic carbocycles. The highest BCUT2D eigenvalue weighted by molar-refractivity contribution is 8.18. The second-order valence-electron chi connectivity index (χ2n) is 5.60. The Labute approximate surface area is 165 Å². The summed E-state index contributed by atoms with van der Waals surface area (Å²) in [6.45, 7) is -0.354. The van der Waals surface area contributed by atoms with Crippen LogP contribution in [0.3, 0.4) is 0 Å².